The Labute approximate surface area is 301 Å². The molecule has 0 aromatic heterocycles. The van der Waals surface area contributed by atoms with E-state index in [2.05, 4.69) is 189 Å². The molecule has 51 heavy (non-hydrogen) atoms. The summed E-state index contributed by atoms with van der Waals surface area (Å²) >= 11 is 0. The van der Waals surface area contributed by atoms with Gasteiger partial charge in [0, 0.05) is 18.4 Å². The van der Waals surface area contributed by atoms with Crippen molar-refractivity contribution in [1.29, 1.82) is 0 Å². The second-order valence-electron chi connectivity index (χ2n) is 14.3. The van der Waals surface area contributed by atoms with Gasteiger partial charge >= 0.3 is 0 Å². The van der Waals surface area contributed by atoms with Gasteiger partial charge in [0.25, 0.3) is 0 Å². The van der Waals surface area contributed by atoms with Crippen molar-refractivity contribution >= 4 is 34.1 Å². The van der Waals surface area contributed by atoms with Crippen LogP contribution in [0.5, 0.6) is 0 Å². The summed E-state index contributed by atoms with van der Waals surface area (Å²) in [7, 11) is 2.13. The van der Waals surface area contributed by atoms with Gasteiger partial charge < -0.3 is 4.90 Å². The number of hydrogen-bond acceptors (Lipinski definition) is 3. The monoisotopic (exact) mass is 659 g/mol. The SMILES string of the molecule is CN1C(C2C=CC=CC=C2)=NC(C2=CC=CCC2)=NC1c1ccc(-c2c(C3=CC4c5ccccc5C=CC4(C)C=C3)ccc3ccccc23)cc1. The maximum Gasteiger partial charge on any atom is 0.154 e. The molecule has 0 radical (unpaired) electrons. The van der Waals surface area contributed by atoms with Gasteiger partial charge in [0.2, 0.25) is 0 Å². The summed E-state index contributed by atoms with van der Waals surface area (Å²) in [6, 6.07) is 31.3. The second-order valence-corrected chi connectivity index (χ2v) is 14.3. The Bertz CT molecular complexity index is 2340. The van der Waals surface area contributed by atoms with Crippen LogP contribution in [0.4, 0.5) is 0 Å². The third-order valence-electron chi connectivity index (χ3n) is 11.1. The molecule has 3 heteroatoms. The summed E-state index contributed by atoms with van der Waals surface area (Å²) < 4.78 is 0. The van der Waals surface area contributed by atoms with Gasteiger partial charge in [-0.05, 0) is 68.1 Å². The van der Waals surface area contributed by atoms with Crippen LogP contribution in [-0.2, 0) is 0 Å². The van der Waals surface area contributed by atoms with E-state index in [1.54, 1.807) is 0 Å². The molecular formula is C48H41N3. The lowest BCUT2D eigenvalue weighted by Crippen LogP contribution is -2.38. The zero-order valence-corrected chi connectivity index (χ0v) is 29.2. The van der Waals surface area contributed by atoms with E-state index in [4.69, 9.17) is 9.98 Å². The van der Waals surface area contributed by atoms with E-state index in [0.29, 0.717) is 0 Å². The lowest BCUT2D eigenvalue weighted by molar-refractivity contribution is 0.371. The van der Waals surface area contributed by atoms with Crippen molar-refractivity contribution in [1.82, 2.24) is 4.90 Å². The van der Waals surface area contributed by atoms with Crippen molar-refractivity contribution in [2.24, 2.45) is 21.3 Å². The van der Waals surface area contributed by atoms with Crippen LogP contribution in [0.25, 0.3) is 33.5 Å². The molecule has 0 amide bonds. The van der Waals surface area contributed by atoms with Crippen molar-refractivity contribution in [2.75, 3.05) is 7.05 Å². The minimum atomic E-state index is -0.181. The molecule has 0 saturated heterocycles. The number of allylic oxidation sites excluding steroid dienone is 12. The van der Waals surface area contributed by atoms with Gasteiger partial charge in [0.15, 0.2) is 5.84 Å². The van der Waals surface area contributed by atoms with Crippen LogP contribution in [0.3, 0.4) is 0 Å². The molecule has 248 valence electrons. The molecule has 4 aromatic rings. The zero-order valence-electron chi connectivity index (χ0n) is 29.2. The van der Waals surface area contributed by atoms with Gasteiger partial charge in [-0.3, -0.25) is 0 Å². The molecule has 0 spiro atoms. The molecule has 0 bridgehead atoms. The highest BCUT2D eigenvalue weighted by molar-refractivity contribution is 6.09. The minimum Gasteiger partial charge on any atom is -0.336 e. The van der Waals surface area contributed by atoms with Crippen LogP contribution in [0.1, 0.15) is 54.1 Å². The lowest BCUT2D eigenvalue weighted by Gasteiger charge is -2.38. The smallest absolute Gasteiger partial charge is 0.154 e. The van der Waals surface area contributed by atoms with Crippen molar-refractivity contribution in [3.8, 4) is 11.1 Å². The van der Waals surface area contributed by atoms with E-state index >= 15 is 0 Å². The summed E-state index contributed by atoms with van der Waals surface area (Å²) in [5.74, 6) is 2.20. The summed E-state index contributed by atoms with van der Waals surface area (Å²) in [5.41, 5.74) is 10.00. The predicted octanol–water partition coefficient (Wildman–Crippen LogP) is 11.6. The highest BCUT2D eigenvalue weighted by Gasteiger charge is 2.36. The van der Waals surface area contributed by atoms with Crippen LogP contribution >= 0.6 is 0 Å². The first-order chi connectivity index (χ1) is 25.1. The molecule has 4 aromatic carbocycles. The fourth-order valence-electron chi connectivity index (χ4n) is 8.24. The Balaban J connectivity index is 1.12. The van der Waals surface area contributed by atoms with Crippen molar-refractivity contribution < 1.29 is 0 Å². The van der Waals surface area contributed by atoms with E-state index in [1.807, 2.05) is 0 Å². The van der Waals surface area contributed by atoms with Gasteiger partial charge in [-0.15, -0.1) is 0 Å². The van der Waals surface area contributed by atoms with Crippen LogP contribution in [0.15, 0.2) is 179 Å². The van der Waals surface area contributed by atoms with E-state index in [9.17, 15) is 0 Å². The molecule has 4 aliphatic carbocycles. The first kappa shape index (κ1) is 31.2. The molecular weight excluding hydrogens is 619 g/mol. The topological polar surface area (TPSA) is 28.0 Å². The highest BCUT2D eigenvalue weighted by atomic mass is 15.3. The van der Waals surface area contributed by atoms with Crippen molar-refractivity contribution in [3.63, 3.8) is 0 Å². The minimum absolute atomic E-state index is 0.0487. The fraction of sp³-hybridized carbons (Fsp3) is 0.167. The van der Waals surface area contributed by atoms with Crippen LogP contribution < -0.4 is 0 Å². The quantitative estimate of drug-likeness (QED) is 0.210. The Morgan fingerprint density at radius 3 is 2.39 bits per heavy atom. The van der Waals surface area contributed by atoms with Crippen molar-refractivity contribution in [3.05, 3.63) is 192 Å². The van der Waals surface area contributed by atoms with Gasteiger partial charge in [0.1, 0.15) is 12.0 Å². The van der Waals surface area contributed by atoms with Crippen LogP contribution in [0.2, 0.25) is 0 Å². The van der Waals surface area contributed by atoms with Gasteiger partial charge in [-0.25, -0.2) is 9.98 Å². The normalized spacial score (nSPS) is 23.7. The summed E-state index contributed by atoms with van der Waals surface area (Å²) in [4.78, 5) is 12.7. The standard InChI is InChI=1S/C48H41N3/c1-48-30-28-34-15-10-12-20-40(34)43(48)32-39(29-31-48)42-27-26-33-14-11-13-21-41(33)44(42)35-22-24-38(25-23-35)47-50-45(36-16-8-5-9-17-36)49-46(51(47)2)37-18-6-3-4-7-19-37/h3-8,10-16,18-32,37,43,47H,9,17H2,1-2H3. The fourth-order valence-corrected chi connectivity index (χ4v) is 8.24. The molecule has 0 saturated carbocycles. The summed E-state index contributed by atoms with van der Waals surface area (Å²) in [6.45, 7) is 2.35. The Morgan fingerprint density at radius 1 is 0.784 bits per heavy atom. The number of fused-ring (bicyclic) bond motifs is 4. The van der Waals surface area contributed by atoms with E-state index in [1.165, 1.54) is 49.7 Å². The largest absolute Gasteiger partial charge is 0.336 e. The molecule has 0 N–H and O–H groups in total. The third-order valence-corrected chi connectivity index (χ3v) is 11.1. The Hall–Kier alpha value is -5.80. The molecule has 1 heterocycles. The number of amidine groups is 2. The third kappa shape index (κ3) is 5.63. The molecule has 3 unspecified atom stereocenters. The first-order valence-electron chi connectivity index (χ1n) is 18.1. The van der Waals surface area contributed by atoms with Gasteiger partial charge in [0.05, 0.1) is 5.92 Å². The lowest BCUT2D eigenvalue weighted by atomic mass is 9.65. The molecule has 5 aliphatic rings. The first-order valence-corrected chi connectivity index (χ1v) is 18.1. The Morgan fingerprint density at radius 2 is 1.57 bits per heavy atom. The van der Waals surface area contributed by atoms with E-state index < -0.39 is 0 Å². The maximum absolute atomic E-state index is 5.30. The average molecular weight is 660 g/mol. The zero-order chi connectivity index (χ0) is 34.4. The predicted molar refractivity (Wildman–Crippen MR) is 216 cm³/mol. The summed E-state index contributed by atoms with van der Waals surface area (Å²) in [5, 5.41) is 2.50. The summed E-state index contributed by atoms with van der Waals surface area (Å²) in [6.07, 6.45) is 33.0. The molecule has 9 rings (SSSR count). The van der Waals surface area contributed by atoms with Crippen molar-refractivity contribution in [2.45, 2.75) is 31.8 Å². The number of nitrogens with zero attached hydrogens (tertiary/aromatic N) is 3. The highest BCUT2D eigenvalue weighted by Crippen LogP contribution is 2.50. The second kappa shape index (κ2) is 12.8. The van der Waals surface area contributed by atoms with E-state index in [-0.39, 0.29) is 23.4 Å². The number of hydrogen-bond donors (Lipinski definition) is 0. The molecule has 1 aliphatic heterocycles. The molecule has 3 atom stereocenters. The molecule has 0 fully saturated rings. The van der Waals surface area contributed by atoms with Gasteiger partial charge in [-0.2, -0.15) is 0 Å². The maximum atomic E-state index is 5.30. The van der Waals surface area contributed by atoms with E-state index in [0.717, 1.165) is 30.1 Å². The number of aliphatic imine (C=N–C) groups is 2. The average Bonchev–Trinajstić information content (AvgIpc) is 3.48. The Kier molecular flexibility index (Phi) is 7.85. The molecule has 3 nitrogen and oxygen atoms in total. The van der Waals surface area contributed by atoms with Crippen LogP contribution in [-0.4, -0.2) is 23.6 Å². The number of rotatable bonds is 5. The number of benzene rings is 4. The van der Waals surface area contributed by atoms with Crippen LogP contribution in [0, 0.1) is 11.3 Å². The van der Waals surface area contributed by atoms with Gasteiger partial charge in [-0.1, -0.05) is 177 Å².